The number of rotatable bonds is 1. The number of hydrogen-bond donors (Lipinski definition) is 0. The molecule has 0 N–H and O–H groups in total. The van der Waals surface area contributed by atoms with Crippen LogP contribution in [-0.2, 0) is 30.7 Å². The molecule has 1 aromatic heterocycles. The predicted molar refractivity (Wildman–Crippen MR) is 82.4 cm³/mol. The Labute approximate surface area is 138 Å². The number of aryl methyl sites for hydroxylation is 1. The van der Waals surface area contributed by atoms with Crippen LogP contribution in [0.15, 0.2) is 18.5 Å². The maximum Gasteiger partial charge on any atom is 0.227 e. The van der Waals surface area contributed by atoms with Crippen LogP contribution >= 0.6 is 11.6 Å². The normalized spacial score (nSPS) is 20.1. The number of halogens is 2. The van der Waals surface area contributed by atoms with E-state index < -0.39 is 0 Å². The number of carbonyl (C=O) groups excluding carboxylic acids is 1. The molecule has 1 unspecified atom stereocenters. The van der Waals surface area contributed by atoms with E-state index >= 15 is 0 Å². The van der Waals surface area contributed by atoms with E-state index in [-0.39, 0.29) is 17.6 Å². The highest BCUT2D eigenvalue weighted by Gasteiger charge is 2.31. The standard InChI is InChI=1S/C16H16ClFN4O/c17-14-6-12(18)5-11-8-21(4-3-13(11)14)16(23)10-1-2-15-20-19-9-22(15)7-10/h5-6,9-10H,1-4,7-8H2. The van der Waals surface area contributed by atoms with Crippen molar-refractivity contribution in [3.8, 4) is 0 Å². The Morgan fingerprint density at radius 1 is 1.35 bits per heavy atom. The van der Waals surface area contributed by atoms with Crippen molar-refractivity contribution in [2.75, 3.05) is 6.54 Å². The highest BCUT2D eigenvalue weighted by atomic mass is 35.5. The highest BCUT2D eigenvalue weighted by molar-refractivity contribution is 6.31. The number of benzene rings is 1. The zero-order valence-electron chi connectivity index (χ0n) is 12.5. The van der Waals surface area contributed by atoms with Crippen LogP contribution in [0, 0.1) is 11.7 Å². The maximum absolute atomic E-state index is 13.6. The van der Waals surface area contributed by atoms with Crippen molar-refractivity contribution in [3.63, 3.8) is 0 Å². The van der Waals surface area contributed by atoms with Crippen LogP contribution in [0.25, 0.3) is 0 Å². The van der Waals surface area contributed by atoms with Crippen LogP contribution in [0.2, 0.25) is 5.02 Å². The van der Waals surface area contributed by atoms with Gasteiger partial charge in [-0.25, -0.2) is 4.39 Å². The van der Waals surface area contributed by atoms with Gasteiger partial charge in [0.1, 0.15) is 18.0 Å². The molecule has 5 nitrogen and oxygen atoms in total. The van der Waals surface area contributed by atoms with E-state index in [4.69, 9.17) is 11.6 Å². The summed E-state index contributed by atoms with van der Waals surface area (Å²) in [5.41, 5.74) is 1.78. The second-order valence-corrected chi connectivity index (χ2v) is 6.58. The van der Waals surface area contributed by atoms with E-state index in [2.05, 4.69) is 10.2 Å². The monoisotopic (exact) mass is 334 g/mol. The molecule has 120 valence electrons. The Kier molecular flexibility index (Phi) is 3.56. The molecule has 7 heteroatoms. The molecule has 4 rings (SSSR count). The minimum absolute atomic E-state index is 0.0657. The molecule has 1 aromatic carbocycles. The summed E-state index contributed by atoms with van der Waals surface area (Å²) in [6.07, 6.45) is 3.90. The molecule has 0 bridgehead atoms. The Morgan fingerprint density at radius 2 is 2.22 bits per heavy atom. The number of nitrogens with zero attached hydrogens (tertiary/aromatic N) is 4. The lowest BCUT2D eigenvalue weighted by atomic mass is 9.94. The summed E-state index contributed by atoms with van der Waals surface area (Å²) in [5.74, 6) is 0.640. The SMILES string of the molecule is O=C(C1CCc2nncn2C1)N1CCc2c(Cl)cc(F)cc2C1. The molecule has 1 atom stereocenters. The predicted octanol–water partition coefficient (Wildman–Crippen LogP) is 2.22. The van der Waals surface area contributed by atoms with Crippen LogP contribution in [0.5, 0.6) is 0 Å². The molecule has 2 aliphatic rings. The first-order valence-electron chi connectivity index (χ1n) is 7.74. The minimum atomic E-state index is -0.352. The molecule has 0 aliphatic carbocycles. The van der Waals surface area contributed by atoms with Crippen molar-refractivity contribution in [1.29, 1.82) is 0 Å². The summed E-state index contributed by atoms with van der Waals surface area (Å²) < 4.78 is 15.5. The van der Waals surface area contributed by atoms with E-state index in [0.717, 1.165) is 29.8 Å². The lowest BCUT2D eigenvalue weighted by Crippen LogP contribution is -2.42. The van der Waals surface area contributed by atoms with Gasteiger partial charge in [0.15, 0.2) is 0 Å². The second kappa shape index (κ2) is 5.60. The smallest absolute Gasteiger partial charge is 0.227 e. The third-order valence-electron chi connectivity index (χ3n) is 4.74. The Hall–Kier alpha value is -1.95. The third-order valence-corrected chi connectivity index (χ3v) is 5.07. The van der Waals surface area contributed by atoms with Crippen LogP contribution in [-0.4, -0.2) is 32.1 Å². The molecule has 2 aliphatic heterocycles. The van der Waals surface area contributed by atoms with Crippen LogP contribution < -0.4 is 0 Å². The summed E-state index contributed by atoms with van der Waals surface area (Å²) in [6, 6.07) is 2.83. The number of amides is 1. The first kappa shape index (κ1) is 14.6. The summed E-state index contributed by atoms with van der Waals surface area (Å²) in [6.45, 7) is 1.67. The molecule has 0 radical (unpaired) electrons. The molecule has 0 saturated heterocycles. The molecule has 0 saturated carbocycles. The fourth-order valence-corrected chi connectivity index (χ4v) is 3.83. The van der Waals surface area contributed by atoms with Crippen LogP contribution in [0.1, 0.15) is 23.4 Å². The van der Waals surface area contributed by atoms with E-state index in [1.165, 1.54) is 12.1 Å². The van der Waals surface area contributed by atoms with Crippen molar-refractivity contribution >= 4 is 17.5 Å². The summed E-state index contributed by atoms with van der Waals surface area (Å²) in [7, 11) is 0. The van der Waals surface area contributed by atoms with Gasteiger partial charge in [0, 0.05) is 31.1 Å². The average molecular weight is 335 g/mol. The van der Waals surface area contributed by atoms with Gasteiger partial charge in [0.05, 0.1) is 5.92 Å². The quantitative estimate of drug-likeness (QED) is 0.803. The number of carbonyl (C=O) groups is 1. The summed E-state index contributed by atoms with van der Waals surface area (Å²) >= 11 is 6.11. The van der Waals surface area contributed by atoms with E-state index in [1.54, 1.807) is 6.33 Å². The third kappa shape index (κ3) is 2.61. The van der Waals surface area contributed by atoms with Gasteiger partial charge in [-0.1, -0.05) is 11.6 Å². The molecule has 2 aromatic rings. The lowest BCUT2D eigenvalue weighted by Gasteiger charge is -2.33. The Morgan fingerprint density at radius 3 is 3.09 bits per heavy atom. The van der Waals surface area contributed by atoms with Gasteiger partial charge in [-0.2, -0.15) is 0 Å². The number of fused-ring (bicyclic) bond motifs is 2. The lowest BCUT2D eigenvalue weighted by molar-refractivity contribution is -0.137. The molecule has 1 amide bonds. The Bertz CT molecular complexity index is 775. The maximum atomic E-state index is 13.6. The zero-order chi connectivity index (χ0) is 16.0. The first-order chi connectivity index (χ1) is 11.1. The molecule has 0 spiro atoms. The second-order valence-electron chi connectivity index (χ2n) is 6.17. The molecule has 3 heterocycles. The van der Waals surface area contributed by atoms with E-state index in [0.29, 0.717) is 31.1 Å². The van der Waals surface area contributed by atoms with Gasteiger partial charge >= 0.3 is 0 Å². The fraction of sp³-hybridized carbons (Fsp3) is 0.438. The number of aromatic nitrogens is 3. The summed E-state index contributed by atoms with van der Waals surface area (Å²) in [5, 5.41) is 8.39. The molecular weight excluding hydrogens is 319 g/mol. The largest absolute Gasteiger partial charge is 0.338 e. The zero-order valence-corrected chi connectivity index (χ0v) is 13.3. The van der Waals surface area contributed by atoms with Crippen molar-refractivity contribution in [2.45, 2.75) is 32.4 Å². The van der Waals surface area contributed by atoms with Crippen molar-refractivity contribution in [1.82, 2.24) is 19.7 Å². The van der Waals surface area contributed by atoms with Gasteiger partial charge in [0.2, 0.25) is 5.91 Å². The molecular formula is C16H16ClFN4O. The highest BCUT2D eigenvalue weighted by Crippen LogP contribution is 2.29. The minimum Gasteiger partial charge on any atom is -0.338 e. The van der Waals surface area contributed by atoms with Gasteiger partial charge < -0.3 is 9.47 Å². The van der Waals surface area contributed by atoms with Gasteiger partial charge in [-0.15, -0.1) is 10.2 Å². The van der Waals surface area contributed by atoms with Gasteiger partial charge in [-0.05, 0) is 36.1 Å². The summed E-state index contributed by atoms with van der Waals surface area (Å²) in [4.78, 5) is 14.6. The van der Waals surface area contributed by atoms with E-state index in [9.17, 15) is 9.18 Å². The van der Waals surface area contributed by atoms with Crippen LogP contribution in [0.3, 0.4) is 0 Å². The van der Waals surface area contributed by atoms with Crippen molar-refractivity contribution < 1.29 is 9.18 Å². The van der Waals surface area contributed by atoms with Gasteiger partial charge in [0.25, 0.3) is 0 Å². The van der Waals surface area contributed by atoms with Gasteiger partial charge in [-0.3, -0.25) is 4.79 Å². The first-order valence-corrected chi connectivity index (χ1v) is 8.12. The average Bonchev–Trinajstić information content (AvgIpc) is 3.01. The fourth-order valence-electron chi connectivity index (χ4n) is 3.51. The topological polar surface area (TPSA) is 51.0 Å². The molecule has 23 heavy (non-hydrogen) atoms. The Balaban J connectivity index is 1.52. The van der Waals surface area contributed by atoms with Crippen LogP contribution in [0.4, 0.5) is 4.39 Å². The van der Waals surface area contributed by atoms with Crippen molar-refractivity contribution in [2.24, 2.45) is 5.92 Å². The number of hydrogen-bond acceptors (Lipinski definition) is 3. The van der Waals surface area contributed by atoms with Crippen molar-refractivity contribution in [3.05, 3.63) is 46.3 Å². The van der Waals surface area contributed by atoms with E-state index in [1.807, 2.05) is 9.47 Å². The molecule has 0 fully saturated rings.